The SMILES string of the molecule is [CH-]=CN=[CH-].[Ta+2]. The molecule has 25 valence electrons. The molecule has 0 fully saturated rings. The molecule has 0 heterocycles. The molecule has 0 aliphatic rings. The topological polar surface area (TPSA) is 12.4 Å². The second-order valence-electron chi connectivity index (χ2n) is 0.298. The maximum absolute atomic E-state index is 4.61. The van der Waals surface area contributed by atoms with E-state index < -0.39 is 0 Å². The van der Waals surface area contributed by atoms with Crippen molar-refractivity contribution < 1.29 is 22.4 Å². The quantitative estimate of drug-likeness (QED) is 0.463. The summed E-state index contributed by atoms with van der Waals surface area (Å²) in [4.78, 5) is 2.89. The van der Waals surface area contributed by atoms with Crippen molar-refractivity contribution in [2.45, 2.75) is 0 Å². The second kappa shape index (κ2) is 8.91. The van der Waals surface area contributed by atoms with E-state index in [9.17, 15) is 0 Å². The van der Waals surface area contributed by atoms with Crippen LogP contribution in [0.15, 0.2) is 11.2 Å². The molecular weight excluding hydrogens is 231 g/mol. The minimum absolute atomic E-state index is 0. The fourth-order valence-corrected chi connectivity index (χ4v) is 0. The summed E-state index contributed by atoms with van der Waals surface area (Å²) in [6.45, 7) is 9.08. The Balaban J connectivity index is 0. The Morgan fingerprint density at radius 1 is 1.60 bits per heavy atom. The van der Waals surface area contributed by atoms with Crippen LogP contribution in [-0.4, -0.2) is 6.72 Å². The molecule has 0 saturated heterocycles. The summed E-state index contributed by atoms with van der Waals surface area (Å²) in [7, 11) is 0. The van der Waals surface area contributed by atoms with Gasteiger partial charge in [0.2, 0.25) is 0 Å². The average Bonchev–Trinajstić information content (AvgIpc) is 1.37. The average molecular weight is 234 g/mol. The third-order valence-electron chi connectivity index (χ3n) is 0.0861. The van der Waals surface area contributed by atoms with Crippen molar-refractivity contribution in [2.75, 3.05) is 0 Å². The molecule has 2 heteroatoms. The van der Waals surface area contributed by atoms with E-state index in [4.69, 9.17) is 0 Å². The third-order valence-corrected chi connectivity index (χ3v) is 0.0861. The van der Waals surface area contributed by atoms with Gasteiger partial charge in [0.1, 0.15) is 0 Å². The molecule has 0 atom stereocenters. The van der Waals surface area contributed by atoms with E-state index >= 15 is 0 Å². The standard InChI is InChI=1S/C3H3N.Ta/c1-3-4-2;/h1-3H;/q-2;+2. The summed E-state index contributed by atoms with van der Waals surface area (Å²) in [5, 5.41) is 0. The molecule has 0 N–H and O–H groups in total. The van der Waals surface area contributed by atoms with Crippen molar-refractivity contribution in [1.82, 2.24) is 0 Å². The van der Waals surface area contributed by atoms with Crippen LogP contribution < -0.4 is 0 Å². The molecule has 0 aliphatic carbocycles. The fraction of sp³-hybridized carbons (Fsp3) is 0. The Hall–Kier alpha value is 0.150. The Bertz CT molecular complexity index is 27.9. The first-order chi connectivity index (χ1) is 1.91. The van der Waals surface area contributed by atoms with E-state index in [0.717, 1.165) is 6.20 Å². The van der Waals surface area contributed by atoms with E-state index in [1.54, 1.807) is 0 Å². The van der Waals surface area contributed by atoms with Crippen LogP contribution in [0.5, 0.6) is 0 Å². The molecule has 0 aromatic heterocycles. The molecule has 0 aromatic carbocycles. The number of nitrogens with zero attached hydrogens (tertiary/aromatic N) is 1. The molecule has 0 unspecified atom stereocenters. The van der Waals surface area contributed by atoms with Gasteiger partial charge in [0.25, 0.3) is 0 Å². The first kappa shape index (κ1) is 8.94. The molecule has 0 aliphatic heterocycles. The number of rotatable bonds is 1. The van der Waals surface area contributed by atoms with Crippen LogP contribution in [0.1, 0.15) is 0 Å². The van der Waals surface area contributed by atoms with Crippen LogP contribution in [-0.2, 0) is 22.4 Å². The van der Waals surface area contributed by atoms with Crippen LogP contribution in [0.2, 0.25) is 0 Å². The van der Waals surface area contributed by atoms with E-state index in [-0.39, 0.29) is 22.4 Å². The Kier molecular flexibility index (Phi) is 15.9. The van der Waals surface area contributed by atoms with Gasteiger partial charge in [-0.15, -0.1) is 0 Å². The molecule has 0 spiro atoms. The number of aliphatic imine (C=N–C) groups is 1. The van der Waals surface area contributed by atoms with Crippen LogP contribution in [0.3, 0.4) is 0 Å². The summed E-state index contributed by atoms with van der Waals surface area (Å²) >= 11 is 0. The smallest absolute Gasteiger partial charge is 0.601 e. The summed E-state index contributed by atoms with van der Waals surface area (Å²) in [6, 6.07) is 0. The van der Waals surface area contributed by atoms with Gasteiger partial charge in [-0.25, -0.2) is 0 Å². The summed E-state index contributed by atoms with van der Waals surface area (Å²) in [6.07, 6.45) is 1.03. The van der Waals surface area contributed by atoms with Crippen molar-refractivity contribution in [3.63, 3.8) is 0 Å². The van der Waals surface area contributed by atoms with Crippen molar-refractivity contribution in [3.05, 3.63) is 12.8 Å². The van der Waals surface area contributed by atoms with Crippen LogP contribution >= 0.6 is 0 Å². The molecule has 0 aromatic rings. The second-order valence-corrected chi connectivity index (χ2v) is 0.298. The van der Waals surface area contributed by atoms with E-state index in [0.29, 0.717) is 0 Å². The summed E-state index contributed by atoms with van der Waals surface area (Å²) < 4.78 is 0. The first-order valence-electron chi connectivity index (χ1n) is 0.850. The maximum Gasteiger partial charge on any atom is 2.00 e. The zero-order chi connectivity index (χ0) is 3.41. The molecule has 1 radical (unpaired) electrons. The minimum atomic E-state index is 0. The van der Waals surface area contributed by atoms with Gasteiger partial charge in [-0.3, -0.25) is 0 Å². The monoisotopic (exact) mass is 234 g/mol. The summed E-state index contributed by atoms with van der Waals surface area (Å²) in [5.74, 6) is 0. The number of hydrogen-bond donors (Lipinski definition) is 0. The number of hydrogen-bond acceptors (Lipinski definition) is 1. The molecule has 5 heavy (non-hydrogen) atoms. The Morgan fingerprint density at radius 3 is 1.80 bits per heavy atom. The molecule has 0 rings (SSSR count). The normalized spacial score (nSPS) is 4.00. The summed E-state index contributed by atoms with van der Waals surface area (Å²) in [5.41, 5.74) is 0. The van der Waals surface area contributed by atoms with Gasteiger partial charge in [0, 0.05) is 0 Å². The molecule has 1 nitrogen and oxygen atoms in total. The molecule has 0 saturated carbocycles. The molecule has 0 bridgehead atoms. The van der Waals surface area contributed by atoms with Gasteiger partial charge in [0.05, 0.1) is 0 Å². The predicted molar refractivity (Wildman–Crippen MR) is 17.4 cm³/mol. The van der Waals surface area contributed by atoms with Crippen LogP contribution in [0.25, 0.3) is 0 Å². The third kappa shape index (κ3) is 14.5. The zero-order valence-corrected chi connectivity index (χ0v) is 5.84. The maximum atomic E-state index is 4.61. The van der Waals surface area contributed by atoms with Crippen LogP contribution in [0, 0.1) is 6.58 Å². The molecular formula is C3H3NTa. The van der Waals surface area contributed by atoms with Gasteiger partial charge in [0.15, 0.2) is 0 Å². The minimum Gasteiger partial charge on any atom is -0.601 e. The van der Waals surface area contributed by atoms with Crippen LogP contribution in [0.4, 0.5) is 0 Å². The predicted octanol–water partition coefficient (Wildman–Crippen LogP) is 0.508. The largest absolute Gasteiger partial charge is 2.00 e. The Morgan fingerprint density at radius 2 is 1.80 bits per heavy atom. The van der Waals surface area contributed by atoms with E-state index in [2.05, 4.69) is 18.3 Å². The zero-order valence-electron chi connectivity index (χ0n) is 2.63. The van der Waals surface area contributed by atoms with Gasteiger partial charge in [-0.05, 0) is 0 Å². The van der Waals surface area contributed by atoms with Gasteiger partial charge in [-0.1, -0.05) is 0 Å². The fourth-order valence-electron chi connectivity index (χ4n) is 0. The van der Waals surface area contributed by atoms with Crippen molar-refractivity contribution in [1.29, 1.82) is 0 Å². The van der Waals surface area contributed by atoms with Crippen molar-refractivity contribution in [3.8, 4) is 0 Å². The first-order valence-corrected chi connectivity index (χ1v) is 0.850. The Labute approximate surface area is 47.3 Å². The molecule has 0 amide bonds. The van der Waals surface area contributed by atoms with E-state index in [1.165, 1.54) is 0 Å². The van der Waals surface area contributed by atoms with Gasteiger partial charge < -0.3 is 17.8 Å². The van der Waals surface area contributed by atoms with Gasteiger partial charge >= 0.3 is 22.4 Å². The van der Waals surface area contributed by atoms with E-state index in [1.807, 2.05) is 0 Å². The van der Waals surface area contributed by atoms with Gasteiger partial charge in [-0.2, -0.15) is 6.72 Å². The van der Waals surface area contributed by atoms with Crippen molar-refractivity contribution in [2.24, 2.45) is 4.99 Å². The van der Waals surface area contributed by atoms with Crippen molar-refractivity contribution >= 4 is 6.72 Å².